The molecule has 7 aromatic carbocycles. The summed E-state index contributed by atoms with van der Waals surface area (Å²) in [5.74, 6) is 6.85. The van der Waals surface area contributed by atoms with E-state index < -0.39 is 20.1 Å². The van der Waals surface area contributed by atoms with Crippen LogP contribution in [0.1, 0.15) is 9.68 Å². The Hall–Kier alpha value is -6.25. The molecular formula is C53H39FGeIrN4O-2. The number of pyridine rings is 2. The standard InChI is InChI=1S/C32H18N3O.C21H21FGeN.Ir/c1-3-12-22-20(9-1)11-7-18-28(22)35-29-17-6-5-16-27(29)33-31(35)24-14-8-13-23-25-19-21-10-2-4-15-26(21)34-32(25)36-30(23)24;1-15-12-21(24-14-20(15)23(2,3)4)17-10-11-19(22)18(13-17)16-8-6-5-7-9-16;/h1-13,15-19H;5-9,11-14H,1-4H3;/q2*-1;/i;1D3;. The molecule has 0 saturated carbocycles. The van der Waals surface area contributed by atoms with Crippen molar-refractivity contribution in [1.82, 2.24) is 19.5 Å². The topological polar surface area (TPSA) is 56.7 Å². The first kappa shape index (κ1) is 36.6. The second-order valence-corrected chi connectivity index (χ2v) is 26.4. The second-order valence-electron chi connectivity index (χ2n) is 15.8. The normalized spacial score (nSPS) is 12.5. The third-order valence-corrected chi connectivity index (χ3v) is 15.1. The zero-order valence-electron chi connectivity index (χ0n) is 36.5. The summed E-state index contributed by atoms with van der Waals surface area (Å²) >= 11 is -2.41. The van der Waals surface area contributed by atoms with Gasteiger partial charge in [0.1, 0.15) is 0 Å². The van der Waals surface area contributed by atoms with Crippen LogP contribution >= 0.6 is 0 Å². The van der Waals surface area contributed by atoms with Crippen LogP contribution in [0.25, 0.3) is 94.2 Å². The number of para-hydroxylation sites is 3. The molecule has 0 atom stereocenters. The smallest absolute Gasteiger partial charge is 0.216 e. The van der Waals surface area contributed by atoms with E-state index in [2.05, 4.69) is 106 Å². The van der Waals surface area contributed by atoms with Crippen LogP contribution in [0.5, 0.6) is 0 Å². The third-order valence-electron chi connectivity index (χ3n) is 10.9. The Morgan fingerprint density at radius 2 is 1.44 bits per heavy atom. The maximum atomic E-state index is 14.3. The Bertz CT molecular complexity index is 3520. The summed E-state index contributed by atoms with van der Waals surface area (Å²) in [6, 6.07) is 57.5. The van der Waals surface area contributed by atoms with Gasteiger partial charge in [-0.3, -0.25) is 4.98 Å². The number of hydrogen-bond acceptors (Lipinski definition) is 4. The van der Waals surface area contributed by atoms with Crippen molar-refractivity contribution in [2.75, 3.05) is 0 Å². The predicted molar refractivity (Wildman–Crippen MR) is 247 cm³/mol. The number of imidazole rings is 1. The molecule has 0 aliphatic rings. The molecule has 0 bridgehead atoms. The minimum absolute atomic E-state index is 0. The van der Waals surface area contributed by atoms with E-state index in [0.717, 1.165) is 70.7 Å². The number of fused-ring (bicyclic) bond motifs is 6. The fourth-order valence-electron chi connectivity index (χ4n) is 7.94. The minimum Gasteiger partial charge on any atom is -0.486 e. The molecule has 4 aromatic heterocycles. The minimum atomic E-state index is -2.41. The average Bonchev–Trinajstić information content (AvgIpc) is 3.86. The zero-order valence-corrected chi connectivity index (χ0v) is 38.0. The summed E-state index contributed by atoms with van der Waals surface area (Å²) in [6.07, 6.45) is 1.69. The molecule has 0 spiro atoms. The molecule has 0 aliphatic carbocycles. The van der Waals surface area contributed by atoms with E-state index >= 15 is 0 Å². The molecule has 4 heterocycles. The number of halogens is 1. The average molecular weight is 1030 g/mol. The van der Waals surface area contributed by atoms with Crippen molar-refractivity contribution in [2.45, 2.75) is 24.1 Å². The fourth-order valence-corrected chi connectivity index (χ4v) is 10.7. The van der Waals surface area contributed by atoms with Gasteiger partial charge in [0.15, 0.2) is 0 Å². The summed E-state index contributed by atoms with van der Waals surface area (Å²) in [5, 5.41) is 5.43. The van der Waals surface area contributed by atoms with E-state index in [1.54, 1.807) is 18.3 Å². The first-order valence-corrected chi connectivity index (χ1v) is 27.1. The van der Waals surface area contributed by atoms with Crippen molar-refractivity contribution < 1.29 is 33.0 Å². The number of aryl methyl sites for hydroxylation is 1. The first-order valence-electron chi connectivity index (χ1n) is 21.3. The van der Waals surface area contributed by atoms with Crippen molar-refractivity contribution >= 4 is 72.4 Å². The number of hydrogen-bond donors (Lipinski definition) is 0. The largest absolute Gasteiger partial charge is 0.486 e. The molecule has 61 heavy (non-hydrogen) atoms. The maximum absolute atomic E-state index is 14.3. The summed E-state index contributed by atoms with van der Waals surface area (Å²) in [4.78, 5) is 14.4. The van der Waals surface area contributed by atoms with Gasteiger partial charge in [0.2, 0.25) is 5.71 Å². The van der Waals surface area contributed by atoms with Gasteiger partial charge in [-0.05, 0) is 35.7 Å². The fraction of sp³-hybridized carbons (Fsp3) is 0.0755. The van der Waals surface area contributed by atoms with Crippen molar-refractivity contribution in [3.8, 4) is 39.5 Å². The van der Waals surface area contributed by atoms with Crippen molar-refractivity contribution in [3.63, 3.8) is 0 Å². The van der Waals surface area contributed by atoms with Crippen molar-refractivity contribution in [3.05, 3.63) is 187 Å². The molecule has 11 rings (SSSR count). The van der Waals surface area contributed by atoms with E-state index in [9.17, 15) is 4.39 Å². The Morgan fingerprint density at radius 1 is 0.705 bits per heavy atom. The second kappa shape index (κ2) is 16.3. The molecule has 0 amide bonds. The maximum Gasteiger partial charge on any atom is 0.216 e. The molecule has 8 heteroatoms. The van der Waals surface area contributed by atoms with Crippen LogP contribution in [0.15, 0.2) is 168 Å². The summed E-state index contributed by atoms with van der Waals surface area (Å²) < 4.78 is 47.6. The molecule has 0 saturated heterocycles. The van der Waals surface area contributed by atoms with Gasteiger partial charge in [-0.25, -0.2) is 4.98 Å². The molecule has 5 nitrogen and oxygen atoms in total. The number of rotatable bonds is 5. The van der Waals surface area contributed by atoms with Crippen LogP contribution < -0.4 is 4.40 Å². The molecule has 0 N–H and O–H groups in total. The molecule has 0 fully saturated rings. The number of nitrogens with zero attached hydrogens (tertiary/aromatic N) is 4. The van der Waals surface area contributed by atoms with E-state index in [4.69, 9.17) is 18.5 Å². The SMILES string of the molecule is [2H]C([2H])([2H])c1cc(-c2[c-]cc(F)c(-c3ccccc3)c2)nc[c]1[Ge]([CH3])([CH3])[CH3].[Ir].[c-]1ccc2c(oc3nc4ccccc4cc32)c1-c1nc2ccccc2n1-c1cccc2ccccc12. The molecule has 11 aromatic rings. The number of aromatic nitrogens is 4. The summed E-state index contributed by atoms with van der Waals surface area (Å²) in [5.41, 5.74) is 8.74. The third kappa shape index (κ3) is 7.48. The van der Waals surface area contributed by atoms with E-state index in [0.29, 0.717) is 28.1 Å². The quantitative estimate of drug-likeness (QED) is 0.127. The molecule has 0 aliphatic heterocycles. The van der Waals surface area contributed by atoms with E-state index in [1.807, 2.05) is 72.8 Å². The number of furan rings is 1. The summed E-state index contributed by atoms with van der Waals surface area (Å²) in [6.45, 7) is -2.21. The Morgan fingerprint density at radius 3 is 2.26 bits per heavy atom. The predicted octanol–water partition coefficient (Wildman–Crippen LogP) is 13.3. The molecule has 0 unspecified atom stereocenters. The van der Waals surface area contributed by atoms with Gasteiger partial charge in [-0.15, -0.1) is 18.2 Å². The van der Waals surface area contributed by atoms with Crippen LogP contribution in [0.2, 0.25) is 17.3 Å². The van der Waals surface area contributed by atoms with Gasteiger partial charge >= 0.3 is 150 Å². The van der Waals surface area contributed by atoms with Crippen LogP contribution in [0, 0.1) is 24.8 Å². The molecule has 1 radical (unpaired) electrons. The van der Waals surface area contributed by atoms with Gasteiger partial charge in [-0.2, -0.15) is 0 Å². The van der Waals surface area contributed by atoms with Crippen LogP contribution in [-0.4, -0.2) is 32.8 Å². The van der Waals surface area contributed by atoms with E-state index in [-0.39, 0.29) is 25.9 Å². The monoisotopic (exact) mass is 1040 g/mol. The zero-order chi connectivity index (χ0) is 43.5. The van der Waals surface area contributed by atoms with Crippen molar-refractivity contribution in [2.24, 2.45) is 0 Å². The Balaban J connectivity index is 0.000000167. The first-order chi connectivity index (χ1) is 30.4. The van der Waals surface area contributed by atoms with Crippen LogP contribution in [0.3, 0.4) is 0 Å². The van der Waals surface area contributed by atoms with Gasteiger partial charge < -0.3 is 8.98 Å². The van der Waals surface area contributed by atoms with Gasteiger partial charge in [-0.1, -0.05) is 77.7 Å². The van der Waals surface area contributed by atoms with Gasteiger partial charge in [0.05, 0.1) is 28.0 Å². The number of benzene rings is 7. The van der Waals surface area contributed by atoms with Crippen molar-refractivity contribution in [1.29, 1.82) is 0 Å². The Kier molecular flexibility index (Phi) is 9.79. The molecule has 299 valence electrons. The van der Waals surface area contributed by atoms with Crippen LogP contribution in [0.4, 0.5) is 4.39 Å². The van der Waals surface area contributed by atoms with E-state index in [1.165, 1.54) is 11.5 Å². The van der Waals surface area contributed by atoms with Gasteiger partial charge in [0.25, 0.3) is 0 Å². The van der Waals surface area contributed by atoms with Crippen LogP contribution in [-0.2, 0) is 20.1 Å². The summed E-state index contributed by atoms with van der Waals surface area (Å²) in [7, 11) is 0. The Labute approximate surface area is 373 Å². The van der Waals surface area contributed by atoms with Gasteiger partial charge in [0, 0.05) is 42.0 Å². The molecular weight excluding hydrogens is 992 g/mol.